The van der Waals surface area contributed by atoms with Crippen LogP contribution in [0.2, 0.25) is 0 Å². The zero-order valence-electron chi connectivity index (χ0n) is 15.3. The van der Waals surface area contributed by atoms with Gasteiger partial charge in [-0.1, -0.05) is 45.4 Å². The van der Waals surface area contributed by atoms with E-state index < -0.39 is 35.3 Å². The molecule has 0 unspecified atom stereocenters. The number of imide groups is 2. The number of amides is 4. The molecule has 1 N–H and O–H groups in total. The Balaban J connectivity index is 0.00000392. The molecule has 0 aromatic rings. The first-order valence-electron chi connectivity index (χ1n) is 9.22. The second-order valence-electron chi connectivity index (χ2n) is 6.68. The summed E-state index contributed by atoms with van der Waals surface area (Å²) >= 11 is 0. The number of carbonyl (C=O) groups excluding carboxylic acids is 4. The Morgan fingerprint density at radius 1 is 0.786 bits per heavy atom. The van der Waals surface area contributed by atoms with Crippen molar-refractivity contribution in [3.05, 3.63) is 24.3 Å². The van der Waals surface area contributed by atoms with E-state index in [-0.39, 0.29) is 44.2 Å². The number of rotatable bonds is 11. The molecule has 2 aliphatic rings. The Bertz CT molecular complexity index is 637. The summed E-state index contributed by atoms with van der Waals surface area (Å²) in [6.45, 7) is 2.11. The van der Waals surface area contributed by atoms with Gasteiger partial charge in [-0.25, -0.2) is 14.6 Å². The summed E-state index contributed by atoms with van der Waals surface area (Å²) in [7, 11) is 0. The van der Waals surface area contributed by atoms with E-state index in [4.69, 9.17) is 0 Å². The Morgan fingerprint density at radius 3 is 1.50 bits per heavy atom. The second-order valence-corrected chi connectivity index (χ2v) is 6.68. The summed E-state index contributed by atoms with van der Waals surface area (Å²) in [5.74, 6) is -4.98. The van der Waals surface area contributed by atoms with E-state index in [0.29, 0.717) is 22.6 Å². The van der Waals surface area contributed by atoms with Crippen molar-refractivity contribution in [2.24, 2.45) is 0 Å². The first kappa shape index (κ1) is 24.5. The molecule has 0 saturated heterocycles. The maximum atomic E-state index is 12.2. The average molecular weight is 419 g/mol. The van der Waals surface area contributed by atoms with Gasteiger partial charge in [0.1, 0.15) is 0 Å². The molecule has 0 aromatic heterocycles. The normalized spacial score (nSPS) is 16.3. The molecule has 8 nitrogen and oxygen atoms in total. The van der Waals surface area contributed by atoms with Gasteiger partial charge in [0, 0.05) is 30.7 Å². The van der Waals surface area contributed by atoms with E-state index in [9.17, 15) is 29.1 Å². The Labute approximate surface area is 193 Å². The summed E-state index contributed by atoms with van der Waals surface area (Å²) in [6, 6.07) is 0. The van der Waals surface area contributed by atoms with Crippen molar-refractivity contribution < 1.29 is 29.1 Å². The van der Waals surface area contributed by atoms with Crippen LogP contribution < -0.4 is 0 Å². The molecule has 2 rings (SSSR count). The van der Waals surface area contributed by atoms with Crippen LogP contribution in [0.15, 0.2) is 24.3 Å². The molecule has 9 heteroatoms. The van der Waals surface area contributed by atoms with Crippen LogP contribution in [0.5, 0.6) is 0 Å². The fraction of sp³-hybridized carbons (Fsp3) is 0.526. The molecule has 4 amide bonds. The maximum absolute atomic E-state index is 12.2. The predicted octanol–water partition coefficient (Wildman–Crippen LogP) is 0.842. The van der Waals surface area contributed by atoms with Crippen LogP contribution in [0, 0.1) is 0 Å². The van der Waals surface area contributed by atoms with Gasteiger partial charge in [0.25, 0.3) is 23.6 Å². The van der Waals surface area contributed by atoms with Gasteiger partial charge in [-0.05, 0) is 6.42 Å². The van der Waals surface area contributed by atoms with Crippen molar-refractivity contribution in [2.45, 2.75) is 64.0 Å². The summed E-state index contributed by atoms with van der Waals surface area (Å²) in [5, 5.41) is 9.94. The topological polar surface area (TPSA) is 112 Å². The Kier molecular flexibility index (Phi) is 9.53. The van der Waals surface area contributed by atoms with E-state index >= 15 is 0 Å². The molecule has 0 spiro atoms. The van der Waals surface area contributed by atoms with Crippen molar-refractivity contribution in [3.63, 3.8) is 0 Å². The molecule has 150 valence electrons. The van der Waals surface area contributed by atoms with Crippen molar-refractivity contribution in [3.8, 4) is 0 Å². The van der Waals surface area contributed by atoms with Gasteiger partial charge in [-0.3, -0.25) is 19.2 Å². The number of carboxylic acid groups (broad SMARTS) is 1. The molecular weight excluding hydrogens is 392 g/mol. The van der Waals surface area contributed by atoms with Crippen LogP contribution in [-0.4, -0.2) is 87.9 Å². The van der Waals surface area contributed by atoms with Crippen molar-refractivity contribution >= 4 is 67.3 Å². The molecule has 0 fully saturated rings. The first-order valence-corrected chi connectivity index (χ1v) is 9.22. The fourth-order valence-corrected chi connectivity index (χ4v) is 3.48. The van der Waals surface area contributed by atoms with Crippen LogP contribution in [0.3, 0.4) is 0 Å². The van der Waals surface area contributed by atoms with E-state index in [1.54, 1.807) is 0 Å². The number of hydrogen-bond donors (Lipinski definition) is 1. The van der Waals surface area contributed by atoms with Crippen LogP contribution >= 0.6 is 0 Å². The minimum absolute atomic E-state index is 0. The Morgan fingerprint density at radius 2 is 1.14 bits per heavy atom. The second kappa shape index (κ2) is 10.9. The van der Waals surface area contributed by atoms with E-state index in [0.717, 1.165) is 56.4 Å². The zero-order chi connectivity index (χ0) is 20.0. The third kappa shape index (κ3) is 4.90. The molecule has 0 aromatic carbocycles. The van der Waals surface area contributed by atoms with Gasteiger partial charge >= 0.3 is 43.7 Å². The number of hydrogen-bond acceptors (Lipinski definition) is 5. The Hall–Kier alpha value is -1.51. The molecule has 0 aliphatic carbocycles. The number of carbonyl (C=O) groups is 5. The summed E-state index contributed by atoms with van der Waals surface area (Å²) in [5.41, 5.74) is -2.35. The van der Waals surface area contributed by atoms with Gasteiger partial charge in [-0.2, -0.15) is 0 Å². The third-order valence-corrected chi connectivity index (χ3v) is 4.83. The molecule has 0 atom stereocenters. The summed E-state index contributed by atoms with van der Waals surface area (Å²) < 4.78 is 0. The first-order chi connectivity index (χ1) is 12.9. The molecule has 0 saturated carbocycles. The fourth-order valence-electron chi connectivity index (χ4n) is 3.48. The van der Waals surface area contributed by atoms with Crippen molar-refractivity contribution in [1.82, 2.24) is 9.80 Å². The van der Waals surface area contributed by atoms with Crippen LogP contribution in [0.1, 0.15) is 58.3 Å². The number of nitrogens with zero attached hydrogens (tertiary/aromatic N) is 2. The third-order valence-electron chi connectivity index (χ3n) is 4.83. The van der Waals surface area contributed by atoms with E-state index in [2.05, 4.69) is 6.92 Å². The van der Waals surface area contributed by atoms with Crippen LogP contribution in [-0.2, 0) is 24.0 Å². The minimum atomic E-state index is -2.35. The number of aliphatic carboxylic acids is 1. The van der Waals surface area contributed by atoms with Crippen LogP contribution in [0.25, 0.3) is 0 Å². The average Bonchev–Trinajstić information content (AvgIpc) is 3.13. The van der Waals surface area contributed by atoms with Gasteiger partial charge in [0.05, 0.1) is 0 Å². The van der Waals surface area contributed by atoms with Gasteiger partial charge in [0.2, 0.25) is 5.66 Å². The van der Waals surface area contributed by atoms with E-state index in [1.807, 2.05) is 0 Å². The monoisotopic (exact) mass is 418 g/mol. The molecule has 2 heterocycles. The van der Waals surface area contributed by atoms with E-state index in [1.165, 1.54) is 0 Å². The van der Waals surface area contributed by atoms with Gasteiger partial charge in [0.15, 0.2) is 0 Å². The van der Waals surface area contributed by atoms with Gasteiger partial charge < -0.3 is 5.11 Å². The van der Waals surface area contributed by atoms with Crippen LogP contribution in [0.4, 0.5) is 0 Å². The number of unbranched alkanes of at least 4 members (excludes halogenated alkanes) is 6. The summed E-state index contributed by atoms with van der Waals surface area (Å²) in [6.07, 6.45) is 9.81. The molecule has 28 heavy (non-hydrogen) atoms. The molecule has 0 bridgehead atoms. The van der Waals surface area contributed by atoms with Crippen molar-refractivity contribution in [2.75, 3.05) is 0 Å². The summed E-state index contributed by atoms with van der Waals surface area (Å²) in [4.78, 5) is 62.0. The molecular formula is C19H26CaN2O6. The quantitative estimate of drug-likeness (QED) is 0.302. The SMILES string of the molecule is CCCCCCCCCC(C(=O)O)(N1C(=O)C=CC1=O)N1C(=O)C=CC1=O.[CaH2]. The predicted molar refractivity (Wildman–Crippen MR) is 104 cm³/mol. The zero-order valence-corrected chi connectivity index (χ0v) is 15.3. The van der Waals surface area contributed by atoms with Gasteiger partial charge in [-0.15, -0.1) is 0 Å². The van der Waals surface area contributed by atoms with Crippen molar-refractivity contribution in [1.29, 1.82) is 0 Å². The molecule has 0 radical (unpaired) electrons. The standard InChI is InChI=1S/C19H24N2O6.Ca.2H/c1-2-3-4-5-6-7-8-13-19(18(26)27,20-14(22)9-10-15(20)23)21-16(24)11-12-17(21)25;;;/h9-12H,2-8,13H2,1H3,(H,26,27);;;. The number of carboxylic acids is 1. The molecule has 2 aliphatic heterocycles.